The van der Waals surface area contributed by atoms with Gasteiger partial charge in [0.05, 0.1) is 167 Å². The Morgan fingerprint density at radius 3 is 2.05 bits per heavy atom. The maximum Gasteiger partial charge on any atom is 0.290 e. The first-order valence-corrected chi connectivity index (χ1v) is 27.7. The van der Waals surface area contributed by atoms with Gasteiger partial charge >= 0.3 is 0 Å². The third-order valence-corrected chi connectivity index (χ3v) is 13.3. The average molecular weight is 1160 g/mol. The van der Waals surface area contributed by atoms with E-state index < -0.39 is 34.6 Å². The summed E-state index contributed by atoms with van der Waals surface area (Å²) in [5, 5.41) is 29.7. The molecule has 3 unspecified atom stereocenters. The lowest BCUT2D eigenvalue weighted by molar-refractivity contribution is -0.122. The Morgan fingerprint density at radius 2 is 1.44 bits per heavy atom. The van der Waals surface area contributed by atoms with Crippen LogP contribution in [0.2, 0.25) is 5.28 Å². The average Bonchev–Trinajstić information content (AvgIpc) is 4.32. The Kier molecular flexibility index (Phi) is 33.5. The van der Waals surface area contributed by atoms with Crippen molar-refractivity contribution in [3.8, 4) is 6.07 Å². The molecule has 0 amide bonds. The Bertz CT molecular complexity index is 2460. The molecule has 4 heterocycles. The highest BCUT2D eigenvalue weighted by atomic mass is 35.5. The fourth-order valence-corrected chi connectivity index (χ4v) is 8.85. The molecule has 0 spiro atoms. The highest BCUT2D eigenvalue weighted by Crippen LogP contribution is 2.44. The number of carboxylic acid groups (broad SMARTS) is 1. The lowest BCUT2D eigenvalue weighted by Gasteiger charge is -2.25. The summed E-state index contributed by atoms with van der Waals surface area (Å²) in [6.45, 7) is 7.27. The smallest absolute Gasteiger partial charge is 0.290 e. The van der Waals surface area contributed by atoms with E-state index in [1.54, 1.807) is 33.9 Å². The SMILES string of the molecule is CF.N#Cc1ccc(CN(CCOCCOCCOCCOCc2cn(CCOCCOCCOCCOCCc3ccc(F)cc3F)nn2)c2nc(Cl)nc3c2cnn3C2CCC(COP(O)CP(O)O)O2)cc1.O=CO. The molecular formula is C48H67ClF3N9O15P2. The van der Waals surface area contributed by atoms with Crippen molar-refractivity contribution in [2.45, 2.75) is 51.3 Å². The quantitative estimate of drug-likeness (QED) is 0.0168. The number of hydrogen-bond donors (Lipinski definition) is 4. The van der Waals surface area contributed by atoms with Crippen molar-refractivity contribution in [2.24, 2.45) is 0 Å². The van der Waals surface area contributed by atoms with Crippen molar-refractivity contribution in [2.75, 3.05) is 130 Å². The van der Waals surface area contributed by atoms with Crippen LogP contribution in [0.3, 0.4) is 0 Å². The Balaban J connectivity index is 0.00000253. The molecule has 0 aliphatic carbocycles. The topological polar surface area (TPSA) is 292 Å². The van der Waals surface area contributed by atoms with Crippen molar-refractivity contribution >= 4 is 51.7 Å². The van der Waals surface area contributed by atoms with Crippen LogP contribution in [-0.4, -0.2) is 192 Å². The first-order valence-electron chi connectivity index (χ1n) is 24.5. The minimum absolute atomic E-state index is 0.0214. The maximum absolute atomic E-state index is 13.6. The van der Waals surface area contributed by atoms with Crippen LogP contribution in [0.5, 0.6) is 0 Å². The van der Waals surface area contributed by atoms with Crippen LogP contribution in [-0.2, 0) is 78.1 Å². The zero-order valence-electron chi connectivity index (χ0n) is 43.1. The monoisotopic (exact) mass is 1160 g/mol. The summed E-state index contributed by atoms with van der Waals surface area (Å²) >= 11 is 6.52. The molecule has 1 aliphatic heterocycles. The van der Waals surface area contributed by atoms with Crippen LogP contribution >= 0.6 is 28.4 Å². The van der Waals surface area contributed by atoms with Gasteiger partial charge in [-0.1, -0.05) is 23.4 Å². The van der Waals surface area contributed by atoms with Crippen molar-refractivity contribution in [1.29, 1.82) is 5.26 Å². The van der Waals surface area contributed by atoms with Crippen molar-refractivity contribution in [3.05, 3.63) is 94.2 Å². The molecule has 2 aromatic carbocycles. The maximum atomic E-state index is 13.6. The highest BCUT2D eigenvalue weighted by Gasteiger charge is 2.31. The molecule has 6 rings (SSSR count). The molecule has 3 atom stereocenters. The van der Waals surface area contributed by atoms with Gasteiger partial charge in [-0.3, -0.25) is 9.18 Å². The minimum Gasteiger partial charge on any atom is -0.483 e. The van der Waals surface area contributed by atoms with E-state index in [0.717, 1.165) is 11.6 Å². The van der Waals surface area contributed by atoms with E-state index in [-0.39, 0.29) is 30.4 Å². The second-order valence-electron chi connectivity index (χ2n) is 16.2. The van der Waals surface area contributed by atoms with E-state index in [2.05, 4.69) is 31.4 Å². The van der Waals surface area contributed by atoms with Crippen molar-refractivity contribution in [3.63, 3.8) is 0 Å². The standard InChI is InChI=1S/C46H62ClF2N9O13P2.CH3F.CH2O2/c47-46-52-44(41-29-51-58(45(41)53-46)43-8-7-40(71-43)33-70-73(61)34-72(59)60)56(30-36-3-1-35(28-50)2-4-36)10-13-63-16-19-66-23-24-68-25-26-69-32-39-31-57(55-54-39)11-14-64-17-20-67-22-21-65-18-15-62-12-9-37-5-6-38(48)27-42(37)49;1-2;2-1-3/h1-6,27,29,31,40,43,59-61H,7-26,30,32-34H2;1H3;1H,(H,2,3). The van der Waals surface area contributed by atoms with E-state index >= 15 is 0 Å². The summed E-state index contributed by atoms with van der Waals surface area (Å²) in [5.74, 6) is -0.832. The predicted octanol–water partition coefficient (Wildman–Crippen LogP) is 5.34. The number of aromatic nitrogens is 7. The van der Waals surface area contributed by atoms with E-state index in [1.807, 2.05) is 17.0 Å². The Labute approximate surface area is 456 Å². The third kappa shape index (κ3) is 25.6. The van der Waals surface area contributed by atoms with Gasteiger partial charge in [-0.25, -0.2) is 18.1 Å². The van der Waals surface area contributed by atoms with Crippen LogP contribution in [0.1, 0.15) is 41.5 Å². The highest BCUT2D eigenvalue weighted by molar-refractivity contribution is 7.63. The third-order valence-electron chi connectivity index (χ3n) is 10.7. The molecule has 24 nitrogen and oxygen atoms in total. The van der Waals surface area contributed by atoms with Crippen LogP contribution in [0.25, 0.3) is 11.0 Å². The summed E-state index contributed by atoms with van der Waals surface area (Å²) in [5.41, 5.74) is 3.07. The summed E-state index contributed by atoms with van der Waals surface area (Å²) in [4.78, 5) is 47.8. The predicted molar refractivity (Wildman–Crippen MR) is 278 cm³/mol. The molecule has 432 valence electrons. The van der Waals surface area contributed by atoms with E-state index in [4.69, 9.17) is 78.4 Å². The first kappa shape index (κ1) is 65.8. The van der Waals surface area contributed by atoms with Crippen LogP contribution in [0, 0.1) is 23.0 Å². The van der Waals surface area contributed by atoms with Crippen molar-refractivity contribution < 1.29 is 84.9 Å². The normalized spacial score (nSPS) is 14.5. The molecule has 78 heavy (non-hydrogen) atoms. The lowest BCUT2D eigenvalue weighted by atomic mass is 10.1. The van der Waals surface area contributed by atoms with Gasteiger partial charge in [0, 0.05) is 19.2 Å². The number of halogens is 4. The second kappa shape index (κ2) is 39.6. The van der Waals surface area contributed by atoms with Crippen LogP contribution < -0.4 is 4.90 Å². The first-order chi connectivity index (χ1) is 38.1. The van der Waals surface area contributed by atoms with Gasteiger partial charge in [-0.2, -0.15) is 20.3 Å². The van der Waals surface area contributed by atoms with E-state index in [0.29, 0.717) is 185 Å². The van der Waals surface area contributed by atoms with E-state index in [1.165, 1.54) is 12.1 Å². The van der Waals surface area contributed by atoms with Crippen LogP contribution in [0.4, 0.5) is 19.0 Å². The number of nitriles is 1. The van der Waals surface area contributed by atoms with Gasteiger partial charge in [0.2, 0.25) is 5.28 Å². The summed E-state index contributed by atoms with van der Waals surface area (Å²) in [7, 11) is -3.72. The number of benzene rings is 2. The molecular weight excluding hydrogens is 1100 g/mol. The van der Waals surface area contributed by atoms with E-state index in [9.17, 15) is 23.3 Å². The van der Waals surface area contributed by atoms with Gasteiger partial charge in [0.25, 0.3) is 6.47 Å². The molecule has 5 aromatic rings. The lowest BCUT2D eigenvalue weighted by Crippen LogP contribution is -2.29. The molecule has 1 fully saturated rings. The molecule has 0 bridgehead atoms. The fraction of sp³-hybridized carbons (Fsp3) is 0.562. The zero-order chi connectivity index (χ0) is 56.2. The molecule has 4 N–H and O–H groups in total. The van der Waals surface area contributed by atoms with Gasteiger partial charge < -0.3 is 71.8 Å². The molecule has 30 heteroatoms. The van der Waals surface area contributed by atoms with Gasteiger partial charge in [-0.05, 0) is 60.2 Å². The molecule has 3 aromatic heterocycles. The summed E-state index contributed by atoms with van der Waals surface area (Å²) < 4.78 is 96.1. The number of ether oxygens (including phenoxy) is 9. The number of fused-ring (bicyclic) bond motifs is 1. The second-order valence-corrected chi connectivity index (χ2v) is 19.4. The Morgan fingerprint density at radius 1 is 0.833 bits per heavy atom. The zero-order valence-corrected chi connectivity index (χ0v) is 45.7. The minimum atomic E-state index is -2.26. The Hall–Kier alpha value is -4.69. The number of alkyl halides is 1. The number of anilines is 1. The summed E-state index contributed by atoms with van der Waals surface area (Å²) in [6.07, 6.45) is 4.26. The number of carbonyl (C=O) groups is 1. The summed E-state index contributed by atoms with van der Waals surface area (Å²) in [6, 6.07) is 12.9. The van der Waals surface area contributed by atoms with Gasteiger partial charge in [-0.15, -0.1) is 5.10 Å². The molecule has 1 aliphatic rings. The van der Waals surface area contributed by atoms with Gasteiger partial charge in [0.15, 0.2) is 28.6 Å². The fourth-order valence-electron chi connectivity index (χ4n) is 7.16. The number of hydrogen-bond acceptors (Lipinski definition) is 21. The largest absolute Gasteiger partial charge is 0.483 e. The van der Waals surface area contributed by atoms with Crippen LogP contribution in [0.15, 0.2) is 54.9 Å². The van der Waals surface area contributed by atoms with Crippen molar-refractivity contribution in [1.82, 2.24) is 34.7 Å². The van der Waals surface area contributed by atoms with Gasteiger partial charge in [0.1, 0.15) is 23.1 Å². The number of nitrogens with zero attached hydrogens (tertiary/aromatic N) is 9. The molecule has 0 radical (unpaired) electrons. The molecule has 0 saturated carbocycles. The number of rotatable bonds is 38. The molecule has 1 saturated heterocycles.